The fraction of sp³-hybridized carbons (Fsp3) is 0.333. The Hall–Kier alpha value is -1.53. The first-order valence-corrected chi connectivity index (χ1v) is 5.50. The van der Waals surface area contributed by atoms with E-state index in [4.69, 9.17) is 16.9 Å². The maximum absolute atomic E-state index is 11.4. The van der Waals surface area contributed by atoms with E-state index in [2.05, 4.69) is 0 Å². The van der Waals surface area contributed by atoms with Gasteiger partial charge in [-0.25, -0.2) is 0 Å². The van der Waals surface area contributed by atoms with Gasteiger partial charge in [0.05, 0.1) is 16.6 Å². The highest BCUT2D eigenvalue weighted by Gasteiger charge is 2.28. The van der Waals surface area contributed by atoms with Gasteiger partial charge in [0.25, 0.3) is 0 Å². The molecule has 0 spiro atoms. The summed E-state index contributed by atoms with van der Waals surface area (Å²) in [7, 11) is 0. The molecule has 1 aromatic rings. The third-order valence-electron chi connectivity index (χ3n) is 2.94. The number of halogens is 1. The topological polar surface area (TPSA) is 44.1 Å². The van der Waals surface area contributed by atoms with Gasteiger partial charge in [0, 0.05) is 18.7 Å². The van der Waals surface area contributed by atoms with Crippen LogP contribution in [-0.2, 0) is 4.79 Å². The molecule has 1 aliphatic heterocycles. The summed E-state index contributed by atoms with van der Waals surface area (Å²) in [4.78, 5) is 13.4. The maximum Gasteiger partial charge on any atom is 0.156 e. The Morgan fingerprint density at radius 3 is 2.81 bits per heavy atom. The summed E-state index contributed by atoms with van der Waals surface area (Å²) in [6.45, 7) is 2.61. The van der Waals surface area contributed by atoms with E-state index < -0.39 is 0 Å². The summed E-state index contributed by atoms with van der Waals surface area (Å²) in [6, 6.07) is 7.19. The van der Waals surface area contributed by atoms with Crippen LogP contribution in [-0.4, -0.2) is 18.4 Å². The molecular formula is C12H11ClN2O. The molecule has 0 amide bonds. The lowest BCUT2D eigenvalue weighted by Crippen LogP contribution is -2.29. The van der Waals surface area contributed by atoms with Crippen LogP contribution in [0.4, 0.5) is 5.69 Å². The summed E-state index contributed by atoms with van der Waals surface area (Å²) in [5, 5.41) is 9.20. The SMILES string of the molecule is C[C@@H]1C(=O)CCN1c1ccc(C#N)c(Cl)c1. The fourth-order valence-corrected chi connectivity index (χ4v) is 2.15. The Kier molecular flexibility index (Phi) is 2.84. The zero-order chi connectivity index (χ0) is 11.7. The number of hydrogen-bond donors (Lipinski definition) is 0. The molecule has 0 N–H and O–H groups in total. The van der Waals surface area contributed by atoms with Crippen LogP contribution in [0.2, 0.25) is 5.02 Å². The fourth-order valence-electron chi connectivity index (χ4n) is 1.93. The molecule has 16 heavy (non-hydrogen) atoms. The van der Waals surface area contributed by atoms with E-state index in [0.717, 1.165) is 12.2 Å². The van der Waals surface area contributed by atoms with Crippen molar-refractivity contribution in [3.8, 4) is 6.07 Å². The molecule has 4 heteroatoms. The molecule has 2 rings (SSSR count). The van der Waals surface area contributed by atoms with E-state index in [0.29, 0.717) is 17.0 Å². The minimum Gasteiger partial charge on any atom is -0.361 e. The van der Waals surface area contributed by atoms with E-state index in [9.17, 15) is 4.79 Å². The molecular weight excluding hydrogens is 224 g/mol. The van der Waals surface area contributed by atoms with Crippen LogP contribution in [0.5, 0.6) is 0 Å². The molecule has 0 unspecified atom stereocenters. The van der Waals surface area contributed by atoms with Crippen molar-refractivity contribution >= 4 is 23.1 Å². The number of benzene rings is 1. The predicted octanol–water partition coefficient (Wildman–Crippen LogP) is 2.38. The number of nitriles is 1. The van der Waals surface area contributed by atoms with E-state index in [1.807, 2.05) is 24.0 Å². The molecule has 0 saturated carbocycles. The first kappa shape index (κ1) is 11.0. The number of Topliss-reactive ketones (excluding diaryl/α,β-unsaturated/α-hetero) is 1. The molecule has 3 nitrogen and oxygen atoms in total. The molecule has 1 fully saturated rings. The Morgan fingerprint density at radius 1 is 1.56 bits per heavy atom. The van der Waals surface area contributed by atoms with Gasteiger partial charge >= 0.3 is 0 Å². The third kappa shape index (κ3) is 1.77. The van der Waals surface area contributed by atoms with Crippen molar-refractivity contribution in [2.45, 2.75) is 19.4 Å². The minimum atomic E-state index is -0.0935. The monoisotopic (exact) mass is 234 g/mol. The van der Waals surface area contributed by atoms with Crippen molar-refractivity contribution in [1.82, 2.24) is 0 Å². The minimum absolute atomic E-state index is 0.0935. The van der Waals surface area contributed by atoms with Crippen molar-refractivity contribution in [1.29, 1.82) is 5.26 Å². The van der Waals surface area contributed by atoms with Crippen LogP contribution in [0, 0.1) is 11.3 Å². The smallest absolute Gasteiger partial charge is 0.156 e. The van der Waals surface area contributed by atoms with Crippen molar-refractivity contribution in [2.24, 2.45) is 0 Å². The van der Waals surface area contributed by atoms with Gasteiger partial charge in [-0.05, 0) is 25.1 Å². The molecule has 82 valence electrons. The molecule has 1 heterocycles. The van der Waals surface area contributed by atoms with Gasteiger partial charge in [-0.1, -0.05) is 11.6 Å². The van der Waals surface area contributed by atoms with Crippen LogP contribution in [0.15, 0.2) is 18.2 Å². The molecule has 0 aliphatic carbocycles. The summed E-state index contributed by atoms with van der Waals surface area (Å²) < 4.78 is 0. The van der Waals surface area contributed by atoms with Gasteiger partial charge in [0.15, 0.2) is 5.78 Å². The molecule has 0 bridgehead atoms. The van der Waals surface area contributed by atoms with Crippen LogP contribution in [0.25, 0.3) is 0 Å². The summed E-state index contributed by atoms with van der Waals surface area (Å²) in [5.41, 5.74) is 1.37. The number of anilines is 1. The van der Waals surface area contributed by atoms with Gasteiger partial charge in [0.2, 0.25) is 0 Å². The summed E-state index contributed by atoms with van der Waals surface area (Å²) in [5.74, 6) is 0.250. The first-order valence-electron chi connectivity index (χ1n) is 5.12. The van der Waals surface area contributed by atoms with E-state index in [1.165, 1.54) is 0 Å². The Morgan fingerprint density at radius 2 is 2.31 bits per heavy atom. The van der Waals surface area contributed by atoms with Gasteiger partial charge in [-0.3, -0.25) is 4.79 Å². The lowest BCUT2D eigenvalue weighted by molar-refractivity contribution is -0.118. The van der Waals surface area contributed by atoms with Gasteiger partial charge in [-0.2, -0.15) is 5.26 Å². The summed E-state index contributed by atoms with van der Waals surface area (Å²) in [6.07, 6.45) is 0.582. The lowest BCUT2D eigenvalue weighted by Gasteiger charge is -2.22. The van der Waals surface area contributed by atoms with Crippen LogP contribution in [0.3, 0.4) is 0 Å². The summed E-state index contributed by atoms with van der Waals surface area (Å²) >= 11 is 5.96. The Bertz CT molecular complexity index is 478. The molecule has 0 radical (unpaired) electrons. The van der Waals surface area contributed by atoms with Crippen molar-refractivity contribution in [2.75, 3.05) is 11.4 Å². The second-order valence-corrected chi connectivity index (χ2v) is 4.27. The zero-order valence-electron chi connectivity index (χ0n) is 8.90. The quantitative estimate of drug-likeness (QED) is 0.749. The van der Waals surface area contributed by atoms with Gasteiger partial charge in [-0.15, -0.1) is 0 Å². The predicted molar refractivity (Wildman–Crippen MR) is 62.6 cm³/mol. The van der Waals surface area contributed by atoms with Crippen molar-refractivity contribution < 1.29 is 4.79 Å². The van der Waals surface area contributed by atoms with Crippen LogP contribution in [0.1, 0.15) is 18.9 Å². The van der Waals surface area contributed by atoms with Crippen molar-refractivity contribution in [3.05, 3.63) is 28.8 Å². The van der Waals surface area contributed by atoms with Crippen LogP contribution < -0.4 is 4.90 Å². The molecule has 0 aromatic heterocycles. The molecule has 1 atom stereocenters. The van der Waals surface area contributed by atoms with Gasteiger partial charge in [0.1, 0.15) is 6.07 Å². The average molecular weight is 235 g/mol. The highest BCUT2D eigenvalue weighted by molar-refractivity contribution is 6.32. The lowest BCUT2D eigenvalue weighted by atomic mass is 10.2. The van der Waals surface area contributed by atoms with Gasteiger partial charge < -0.3 is 4.90 Å². The molecule has 1 saturated heterocycles. The largest absolute Gasteiger partial charge is 0.361 e. The normalized spacial score (nSPS) is 19.9. The Labute approximate surface area is 99.2 Å². The van der Waals surface area contributed by atoms with Crippen LogP contribution >= 0.6 is 11.6 Å². The Balaban J connectivity index is 2.33. The third-order valence-corrected chi connectivity index (χ3v) is 3.25. The van der Waals surface area contributed by atoms with E-state index in [1.54, 1.807) is 12.1 Å². The zero-order valence-corrected chi connectivity index (χ0v) is 9.66. The number of hydrogen-bond acceptors (Lipinski definition) is 3. The molecule has 1 aromatic carbocycles. The number of carbonyl (C=O) groups is 1. The second kappa shape index (κ2) is 4.15. The van der Waals surface area contributed by atoms with Crippen molar-refractivity contribution in [3.63, 3.8) is 0 Å². The van der Waals surface area contributed by atoms with E-state index >= 15 is 0 Å². The van der Waals surface area contributed by atoms with E-state index in [-0.39, 0.29) is 11.8 Å². The molecule has 1 aliphatic rings. The first-order chi connectivity index (χ1) is 7.63. The second-order valence-electron chi connectivity index (χ2n) is 3.86. The average Bonchev–Trinajstić information content (AvgIpc) is 2.60. The number of carbonyl (C=O) groups excluding carboxylic acids is 1. The number of rotatable bonds is 1. The maximum atomic E-state index is 11.4. The highest BCUT2D eigenvalue weighted by atomic mass is 35.5. The highest BCUT2D eigenvalue weighted by Crippen LogP contribution is 2.27. The number of nitrogens with zero attached hydrogens (tertiary/aromatic N) is 2. The number of ketones is 1. The standard InChI is InChI=1S/C12H11ClN2O/c1-8-12(16)4-5-15(8)10-3-2-9(7-14)11(13)6-10/h2-3,6,8H,4-5H2,1H3/t8-/m1/s1.